The van der Waals surface area contributed by atoms with E-state index in [2.05, 4.69) is 10.3 Å². The van der Waals surface area contributed by atoms with Crippen LogP contribution in [0.15, 0.2) is 29.0 Å². The minimum Gasteiger partial charge on any atom is -0.320 e. The number of nitrogens with one attached hydrogen (secondary N) is 1. The van der Waals surface area contributed by atoms with Crippen LogP contribution in [0.3, 0.4) is 0 Å². The molecule has 0 bridgehead atoms. The molecule has 0 spiro atoms. The third-order valence-electron chi connectivity index (χ3n) is 2.86. The Bertz CT molecular complexity index is 744. The SMILES string of the molecule is Cc1cc(C)c2c(NC(=O)c3cccs3)csc2n1. The van der Waals surface area contributed by atoms with E-state index in [0.717, 1.165) is 32.0 Å². The van der Waals surface area contributed by atoms with Gasteiger partial charge >= 0.3 is 0 Å². The van der Waals surface area contributed by atoms with Gasteiger partial charge in [-0.3, -0.25) is 4.79 Å². The molecule has 0 aromatic carbocycles. The van der Waals surface area contributed by atoms with Crippen LogP contribution in [-0.4, -0.2) is 10.9 Å². The third kappa shape index (κ3) is 2.27. The van der Waals surface area contributed by atoms with E-state index in [9.17, 15) is 4.79 Å². The number of hydrogen-bond acceptors (Lipinski definition) is 4. The largest absolute Gasteiger partial charge is 0.320 e. The van der Waals surface area contributed by atoms with Crippen LogP contribution in [0, 0.1) is 13.8 Å². The normalized spacial score (nSPS) is 10.8. The second-order valence-electron chi connectivity index (χ2n) is 4.34. The number of hydrogen-bond donors (Lipinski definition) is 1. The lowest BCUT2D eigenvalue weighted by atomic mass is 10.1. The molecule has 3 aromatic heterocycles. The predicted octanol–water partition coefficient (Wildman–Crippen LogP) is 4.23. The smallest absolute Gasteiger partial charge is 0.265 e. The van der Waals surface area contributed by atoms with Gasteiger partial charge in [0.15, 0.2) is 0 Å². The van der Waals surface area contributed by atoms with Crippen LogP contribution >= 0.6 is 22.7 Å². The molecule has 3 aromatic rings. The van der Waals surface area contributed by atoms with E-state index >= 15 is 0 Å². The monoisotopic (exact) mass is 288 g/mol. The highest BCUT2D eigenvalue weighted by Crippen LogP contribution is 2.32. The second-order valence-corrected chi connectivity index (χ2v) is 6.15. The van der Waals surface area contributed by atoms with Gasteiger partial charge in [0.2, 0.25) is 0 Å². The molecule has 0 saturated carbocycles. The lowest BCUT2D eigenvalue weighted by Crippen LogP contribution is -2.09. The highest BCUT2D eigenvalue weighted by Gasteiger charge is 2.13. The Kier molecular flexibility index (Phi) is 3.08. The number of aryl methyl sites for hydroxylation is 2. The maximum Gasteiger partial charge on any atom is 0.265 e. The number of rotatable bonds is 2. The molecule has 1 amide bonds. The maximum absolute atomic E-state index is 12.1. The van der Waals surface area contributed by atoms with E-state index in [0.29, 0.717) is 0 Å². The van der Waals surface area contributed by atoms with Crippen molar-refractivity contribution in [2.45, 2.75) is 13.8 Å². The van der Waals surface area contributed by atoms with Gasteiger partial charge in [0, 0.05) is 16.5 Å². The summed E-state index contributed by atoms with van der Waals surface area (Å²) in [6.07, 6.45) is 0. The standard InChI is InChI=1S/C14H12N2OS2/c1-8-6-9(2)15-14-12(8)10(7-19-14)16-13(17)11-4-3-5-18-11/h3-7H,1-2H3,(H,16,17). The lowest BCUT2D eigenvalue weighted by molar-refractivity contribution is 0.103. The summed E-state index contributed by atoms with van der Waals surface area (Å²) in [7, 11) is 0. The Labute approximate surface area is 118 Å². The zero-order chi connectivity index (χ0) is 13.4. The average molecular weight is 288 g/mol. The summed E-state index contributed by atoms with van der Waals surface area (Å²) in [5.41, 5.74) is 3.00. The number of fused-ring (bicyclic) bond motifs is 1. The second kappa shape index (κ2) is 4.75. The van der Waals surface area contributed by atoms with Crippen LogP contribution in [-0.2, 0) is 0 Å². The average Bonchev–Trinajstić information content (AvgIpc) is 2.98. The van der Waals surface area contributed by atoms with Crippen LogP contribution in [0.1, 0.15) is 20.9 Å². The number of anilines is 1. The number of amides is 1. The predicted molar refractivity (Wildman–Crippen MR) is 81.4 cm³/mol. The Hall–Kier alpha value is -1.72. The molecule has 19 heavy (non-hydrogen) atoms. The van der Waals surface area contributed by atoms with Crippen molar-refractivity contribution in [3.8, 4) is 0 Å². The minimum absolute atomic E-state index is 0.0605. The number of thiophene rings is 2. The first-order valence-corrected chi connectivity index (χ1v) is 7.61. The molecule has 0 aliphatic carbocycles. The Morgan fingerprint density at radius 1 is 1.32 bits per heavy atom. The van der Waals surface area contributed by atoms with Crippen LogP contribution in [0.4, 0.5) is 5.69 Å². The molecule has 96 valence electrons. The molecule has 0 unspecified atom stereocenters. The van der Waals surface area contributed by atoms with E-state index in [1.54, 1.807) is 11.3 Å². The molecular weight excluding hydrogens is 276 g/mol. The van der Waals surface area contributed by atoms with Gasteiger partial charge in [-0.05, 0) is 36.9 Å². The fraction of sp³-hybridized carbons (Fsp3) is 0.143. The molecule has 0 atom stereocenters. The first-order valence-electron chi connectivity index (χ1n) is 5.85. The van der Waals surface area contributed by atoms with Crippen LogP contribution in [0.25, 0.3) is 10.2 Å². The topological polar surface area (TPSA) is 42.0 Å². The molecule has 3 nitrogen and oxygen atoms in total. The van der Waals surface area contributed by atoms with Crippen molar-refractivity contribution in [1.82, 2.24) is 4.98 Å². The Morgan fingerprint density at radius 2 is 2.16 bits per heavy atom. The van der Waals surface area contributed by atoms with Crippen LogP contribution in [0.2, 0.25) is 0 Å². The highest BCUT2D eigenvalue weighted by atomic mass is 32.1. The summed E-state index contributed by atoms with van der Waals surface area (Å²) in [5.74, 6) is -0.0605. The van der Waals surface area contributed by atoms with E-state index in [1.807, 2.05) is 42.8 Å². The number of carbonyl (C=O) groups excluding carboxylic acids is 1. The van der Waals surface area contributed by atoms with Crippen molar-refractivity contribution in [2.75, 3.05) is 5.32 Å². The minimum atomic E-state index is -0.0605. The van der Waals surface area contributed by atoms with E-state index in [1.165, 1.54) is 11.3 Å². The van der Waals surface area contributed by atoms with Crippen LogP contribution < -0.4 is 5.32 Å². The molecule has 0 fully saturated rings. The van der Waals surface area contributed by atoms with E-state index in [-0.39, 0.29) is 5.91 Å². The van der Waals surface area contributed by atoms with Gasteiger partial charge in [-0.1, -0.05) is 6.07 Å². The highest BCUT2D eigenvalue weighted by molar-refractivity contribution is 7.17. The number of aromatic nitrogens is 1. The van der Waals surface area contributed by atoms with E-state index in [4.69, 9.17) is 0 Å². The molecule has 3 heterocycles. The molecule has 0 saturated heterocycles. The van der Waals surface area contributed by atoms with Gasteiger partial charge in [-0.15, -0.1) is 22.7 Å². The zero-order valence-electron chi connectivity index (χ0n) is 10.6. The summed E-state index contributed by atoms with van der Waals surface area (Å²) >= 11 is 3.00. The summed E-state index contributed by atoms with van der Waals surface area (Å²) in [5, 5.41) is 7.87. The zero-order valence-corrected chi connectivity index (χ0v) is 12.2. The summed E-state index contributed by atoms with van der Waals surface area (Å²) < 4.78 is 0. The Balaban J connectivity index is 2.00. The molecule has 0 aliphatic heterocycles. The summed E-state index contributed by atoms with van der Waals surface area (Å²) in [6.45, 7) is 4.03. The van der Waals surface area contributed by atoms with Gasteiger partial charge in [-0.2, -0.15) is 0 Å². The number of nitrogens with zero attached hydrogens (tertiary/aromatic N) is 1. The van der Waals surface area contributed by atoms with Crippen molar-refractivity contribution in [1.29, 1.82) is 0 Å². The van der Waals surface area contributed by atoms with Gasteiger partial charge in [-0.25, -0.2) is 4.98 Å². The number of carbonyl (C=O) groups is 1. The lowest BCUT2D eigenvalue weighted by Gasteiger charge is -2.04. The maximum atomic E-state index is 12.1. The van der Waals surface area contributed by atoms with Crippen molar-refractivity contribution in [3.05, 3.63) is 45.1 Å². The molecule has 1 N–H and O–H groups in total. The van der Waals surface area contributed by atoms with Gasteiger partial charge in [0.25, 0.3) is 5.91 Å². The summed E-state index contributed by atoms with van der Waals surface area (Å²) in [4.78, 5) is 18.3. The Morgan fingerprint density at radius 3 is 2.89 bits per heavy atom. The van der Waals surface area contributed by atoms with Gasteiger partial charge < -0.3 is 5.32 Å². The molecule has 5 heteroatoms. The molecule has 3 rings (SSSR count). The van der Waals surface area contributed by atoms with E-state index < -0.39 is 0 Å². The quantitative estimate of drug-likeness (QED) is 0.767. The van der Waals surface area contributed by atoms with Crippen molar-refractivity contribution < 1.29 is 4.79 Å². The summed E-state index contributed by atoms with van der Waals surface area (Å²) in [6, 6.07) is 5.74. The van der Waals surface area contributed by atoms with Gasteiger partial charge in [0.1, 0.15) is 4.83 Å². The van der Waals surface area contributed by atoms with Crippen molar-refractivity contribution in [3.63, 3.8) is 0 Å². The molecular formula is C14H12N2OS2. The first-order chi connectivity index (χ1) is 9.15. The molecule has 0 radical (unpaired) electrons. The van der Waals surface area contributed by atoms with Crippen molar-refractivity contribution in [2.24, 2.45) is 0 Å². The fourth-order valence-corrected chi connectivity index (χ4v) is 3.68. The first kappa shape index (κ1) is 12.3. The van der Waals surface area contributed by atoms with Gasteiger partial charge in [0.05, 0.1) is 10.6 Å². The third-order valence-corrected chi connectivity index (χ3v) is 4.60. The number of pyridine rings is 1. The fourth-order valence-electron chi connectivity index (χ4n) is 2.07. The van der Waals surface area contributed by atoms with Crippen molar-refractivity contribution >= 4 is 44.5 Å². The van der Waals surface area contributed by atoms with Crippen LogP contribution in [0.5, 0.6) is 0 Å². The molecule has 0 aliphatic rings.